The van der Waals surface area contributed by atoms with Crippen LogP contribution in [0.3, 0.4) is 0 Å². The van der Waals surface area contributed by atoms with E-state index in [1.807, 2.05) is 0 Å². The van der Waals surface area contributed by atoms with E-state index in [-0.39, 0.29) is 20.1 Å². The fourth-order valence-electron chi connectivity index (χ4n) is 1.57. The highest BCUT2D eigenvalue weighted by Crippen LogP contribution is 2.29. The van der Waals surface area contributed by atoms with Crippen LogP contribution in [-0.2, 0) is 0 Å². The summed E-state index contributed by atoms with van der Waals surface area (Å²) in [5.41, 5.74) is -0.707. The summed E-state index contributed by atoms with van der Waals surface area (Å²) in [6.45, 7) is 0. The Morgan fingerprint density at radius 3 is 2.26 bits per heavy atom. The Morgan fingerprint density at radius 1 is 1.11 bits per heavy atom. The van der Waals surface area contributed by atoms with Crippen molar-refractivity contribution in [3.63, 3.8) is 0 Å². The minimum absolute atomic E-state index is 0.0316. The Kier molecular flexibility index (Phi) is 4.23. The van der Waals surface area contributed by atoms with Crippen LogP contribution < -0.4 is 0 Å². The fraction of sp³-hybridized carbons (Fsp3) is 0. The molecular weight excluding hydrogens is 361 g/mol. The fourth-order valence-corrected chi connectivity index (χ4v) is 2.36. The van der Waals surface area contributed by atoms with E-state index >= 15 is 0 Å². The minimum atomic E-state index is -0.965. The first-order valence-electron chi connectivity index (χ1n) is 5.05. The third-order valence-electron chi connectivity index (χ3n) is 2.43. The molecule has 0 aliphatic carbocycles. The summed E-state index contributed by atoms with van der Waals surface area (Å²) in [6.07, 6.45) is 0. The van der Waals surface area contributed by atoms with Crippen molar-refractivity contribution in [1.82, 2.24) is 0 Å². The number of hydrogen-bond donors (Lipinski definition) is 0. The lowest BCUT2D eigenvalue weighted by atomic mass is 10.0. The molecule has 0 unspecified atom stereocenters. The van der Waals surface area contributed by atoms with Gasteiger partial charge in [0.1, 0.15) is 11.6 Å². The Balaban J connectivity index is 2.60. The van der Waals surface area contributed by atoms with Gasteiger partial charge in [-0.1, -0.05) is 45.2 Å². The number of carbonyl (C=O) groups is 1. The standard InChI is InChI=1S/C13H5BrCl2F2O/c14-6-4-9(17)11(10(18)5-6)13(19)7-2-1-3-8(15)12(7)16/h1-5H. The highest BCUT2D eigenvalue weighted by atomic mass is 79.9. The van der Waals surface area contributed by atoms with Gasteiger partial charge in [-0.3, -0.25) is 4.79 Å². The Labute approximate surface area is 126 Å². The van der Waals surface area contributed by atoms with Gasteiger partial charge in [-0.05, 0) is 24.3 Å². The predicted molar refractivity (Wildman–Crippen MR) is 74.0 cm³/mol. The zero-order chi connectivity index (χ0) is 14.2. The summed E-state index contributed by atoms with van der Waals surface area (Å²) < 4.78 is 27.6. The smallest absolute Gasteiger partial charge is 0.200 e. The second-order valence-corrected chi connectivity index (χ2v) is 5.38. The first-order chi connectivity index (χ1) is 8.91. The van der Waals surface area contributed by atoms with E-state index in [4.69, 9.17) is 23.2 Å². The van der Waals surface area contributed by atoms with Crippen LogP contribution >= 0.6 is 39.1 Å². The third-order valence-corrected chi connectivity index (χ3v) is 3.71. The molecule has 0 bridgehead atoms. The topological polar surface area (TPSA) is 17.1 Å². The first-order valence-corrected chi connectivity index (χ1v) is 6.60. The molecule has 0 atom stereocenters. The highest BCUT2D eigenvalue weighted by Gasteiger charge is 2.22. The Morgan fingerprint density at radius 2 is 1.68 bits per heavy atom. The SMILES string of the molecule is O=C(c1cccc(Cl)c1Cl)c1c(F)cc(Br)cc1F. The molecule has 0 aliphatic rings. The number of rotatable bonds is 2. The lowest BCUT2D eigenvalue weighted by Crippen LogP contribution is -2.08. The maximum absolute atomic E-state index is 13.7. The lowest BCUT2D eigenvalue weighted by molar-refractivity contribution is 0.103. The van der Waals surface area contributed by atoms with Crippen molar-refractivity contribution < 1.29 is 13.6 Å². The van der Waals surface area contributed by atoms with Crippen LogP contribution in [0.5, 0.6) is 0 Å². The largest absolute Gasteiger partial charge is 0.288 e. The molecule has 6 heteroatoms. The summed E-state index contributed by atoms with van der Waals surface area (Å²) in [6, 6.07) is 6.34. The summed E-state index contributed by atoms with van der Waals surface area (Å²) in [5.74, 6) is -2.78. The zero-order valence-electron chi connectivity index (χ0n) is 9.18. The van der Waals surface area contributed by atoms with Crippen LogP contribution in [0.4, 0.5) is 8.78 Å². The summed E-state index contributed by atoms with van der Waals surface area (Å²) >= 11 is 14.6. The molecule has 98 valence electrons. The average molecular weight is 366 g/mol. The molecular formula is C13H5BrCl2F2O. The number of carbonyl (C=O) groups excluding carboxylic acids is 1. The maximum atomic E-state index is 13.7. The van der Waals surface area contributed by atoms with Gasteiger partial charge < -0.3 is 0 Å². The summed E-state index contributed by atoms with van der Waals surface area (Å²) in [4.78, 5) is 12.1. The van der Waals surface area contributed by atoms with E-state index in [1.54, 1.807) is 0 Å². The molecule has 0 fully saturated rings. The van der Waals surface area contributed by atoms with Crippen molar-refractivity contribution >= 4 is 44.9 Å². The van der Waals surface area contributed by atoms with E-state index in [0.717, 1.165) is 12.1 Å². The van der Waals surface area contributed by atoms with Crippen LogP contribution in [-0.4, -0.2) is 5.78 Å². The predicted octanol–water partition coefficient (Wildman–Crippen LogP) is 5.27. The molecule has 2 aromatic rings. The Hall–Kier alpha value is -0.970. The van der Waals surface area contributed by atoms with Crippen molar-refractivity contribution in [1.29, 1.82) is 0 Å². The van der Waals surface area contributed by atoms with Crippen molar-refractivity contribution in [2.24, 2.45) is 0 Å². The molecule has 0 amide bonds. The number of benzene rings is 2. The molecule has 0 N–H and O–H groups in total. The summed E-state index contributed by atoms with van der Waals surface area (Å²) in [5, 5.41) is 0.112. The second kappa shape index (κ2) is 5.57. The van der Waals surface area contributed by atoms with Crippen LogP contribution in [0.15, 0.2) is 34.8 Å². The van der Waals surface area contributed by atoms with E-state index < -0.39 is 23.0 Å². The van der Waals surface area contributed by atoms with Gasteiger partial charge in [0.05, 0.1) is 15.6 Å². The molecule has 2 rings (SSSR count). The third kappa shape index (κ3) is 2.81. The minimum Gasteiger partial charge on any atom is -0.288 e. The van der Waals surface area contributed by atoms with E-state index in [2.05, 4.69) is 15.9 Å². The van der Waals surface area contributed by atoms with Crippen LogP contribution in [0, 0.1) is 11.6 Å². The van der Waals surface area contributed by atoms with E-state index in [9.17, 15) is 13.6 Å². The highest BCUT2D eigenvalue weighted by molar-refractivity contribution is 9.10. The van der Waals surface area contributed by atoms with Gasteiger partial charge in [0.15, 0.2) is 5.78 Å². The van der Waals surface area contributed by atoms with Gasteiger partial charge in [0, 0.05) is 10.0 Å². The molecule has 19 heavy (non-hydrogen) atoms. The Bertz CT molecular complexity index is 651. The molecule has 0 aliphatic heterocycles. The van der Waals surface area contributed by atoms with Crippen molar-refractivity contribution in [2.45, 2.75) is 0 Å². The quantitative estimate of drug-likeness (QED) is 0.663. The van der Waals surface area contributed by atoms with Gasteiger partial charge >= 0.3 is 0 Å². The van der Waals surface area contributed by atoms with Gasteiger partial charge in [0.25, 0.3) is 0 Å². The molecule has 0 radical (unpaired) electrons. The molecule has 0 heterocycles. The van der Waals surface area contributed by atoms with E-state index in [0.29, 0.717) is 0 Å². The summed E-state index contributed by atoms with van der Waals surface area (Å²) in [7, 11) is 0. The zero-order valence-corrected chi connectivity index (χ0v) is 12.3. The number of ketones is 1. The van der Waals surface area contributed by atoms with Crippen LogP contribution in [0.25, 0.3) is 0 Å². The monoisotopic (exact) mass is 364 g/mol. The second-order valence-electron chi connectivity index (χ2n) is 3.67. The maximum Gasteiger partial charge on any atom is 0.200 e. The molecule has 2 aromatic carbocycles. The number of halogens is 5. The molecule has 0 aromatic heterocycles. The van der Waals surface area contributed by atoms with Gasteiger partial charge in [-0.25, -0.2) is 8.78 Å². The van der Waals surface area contributed by atoms with Gasteiger partial charge in [-0.2, -0.15) is 0 Å². The molecule has 0 spiro atoms. The van der Waals surface area contributed by atoms with Crippen molar-refractivity contribution in [3.05, 3.63) is 67.6 Å². The van der Waals surface area contributed by atoms with Gasteiger partial charge in [-0.15, -0.1) is 0 Å². The van der Waals surface area contributed by atoms with Crippen LogP contribution in [0.2, 0.25) is 10.0 Å². The first kappa shape index (κ1) is 14.4. The van der Waals surface area contributed by atoms with Gasteiger partial charge in [0.2, 0.25) is 0 Å². The normalized spacial score (nSPS) is 10.6. The number of hydrogen-bond acceptors (Lipinski definition) is 1. The lowest BCUT2D eigenvalue weighted by Gasteiger charge is -2.07. The van der Waals surface area contributed by atoms with E-state index in [1.165, 1.54) is 18.2 Å². The van der Waals surface area contributed by atoms with Crippen molar-refractivity contribution in [2.75, 3.05) is 0 Å². The average Bonchev–Trinajstić information content (AvgIpc) is 2.31. The van der Waals surface area contributed by atoms with Crippen molar-refractivity contribution in [3.8, 4) is 0 Å². The molecule has 1 nitrogen and oxygen atoms in total. The molecule has 0 saturated heterocycles. The molecule has 0 saturated carbocycles. The van der Waals surface area contributed by atoms with Crippen LogP contribution in [0.1, 0.15) is 15.9 Å².